The van der Waals surface area contributed by atoms with Crippen molar-refractivity contribution in [1.29, 1.82) is 0 Å². The van der Waals surface area contributed by atoms with Crippen molar-refractivity contribution < 1.29 is 19.0 Å². The van der Waals surface area contributed by atoms with Gasteiger partial charge in [-0.3, -0.25) is 4.79 Å². The lowest BCUT2D eigenvalue weighted by molar-refractivity contribution is 0.0727. The van der Waals surface area contributed by atoms with Gasteiger partial charge in [-0.15, -0.1) is 22.7 Å². The Morgan fingerprint density at radius 1 is 1.18 bits per heavy atom. The molecule has 0 aliphatic carbocycles. The number of carbonyl (C=O) groups is 1. The molecule has 0 N–H and O–H groups in total. The molecule has 8 heteroatoms. The Balaban J connectivity index is 1.42. The summed E-state index contributed by atoms with van der Waals surface area (Å²) in [6.45, 7) is 4.53. The lowest BCUT2D eigenvalue weighted by Crippen LogP contribution is -2.32. The molecule has 1 fully saturated rings. The number of hydrogen-bond donors (Lipinski definition) is 0. The number of rotatable bonds is 4. The van der Waals surface area contributed by atoms with E-state index in [-0.39, 0.29) is 12.0 Å². The summed E-state index contributed by atoms with van der Waals surface area (Å²) in [6, 6.07) is 12.6. The molecule has 2 aliphatic rings. The van der Waals surface area contributed by atoms with E-state index in [2.05, 4.69) is 46.8 Å². The molecule has 2 aliphatic heterocycles. The van der Waals surface area contributed by atoms with Gasteiger partial charge in [0.15, 0.2) is 11.5 Å². The number of carbonyl (C=O) groups excluding carboxylic acids is 1. The summed E-state index contributed by atoms with van der Waals surface area (Å²) < 4.78 is 19.4. The van der Waals surface area contributed by atoms with Crippen LogP contribution in [0.3, 0.4) is 0 Å². The van der Waals surface area contributed by atoms with Crippen molar-refractivity contribution in [2.24, 2.45) is 0 Å². The van der Waals surface area contributed by atoms with E-state index in [9.17, 15) is 4.79 Å². The first-order valence-electron chi connectivity index (χ1n) is 11.4. The third kappa shape index (κ3) is 4.06. The maximum atomic E-state index is 13.2. The quantitative estimate of drug-likeness (QED) is 0.375. The number of aryl methyl sites for hydroxylation is 1. The van der Waals surface area contributed by atoms with Gasteiger partial charge in [-0.2, -0.15) is 0 Å². The molecule has 0 bridgehead atoms. The highest BCUT2D eigenvalue weighted by atomic mass is 32.1. The zero-order chi connectivity index (χ0) is 23.1. The minimum atomic E-state index is -0.0705. The van der Waals surface area contributed by atoms with Crippen LogP contribution in [0, 0.1) is 6.92 Å². The van der Waals surface area contributed by atoms with Crippen molar-refractivity contribution in [3.05, 3.63) is 63.4 Å². The molecular weight excluding hydrogens is 468 g/mol. The van der Waals surface area contributed by atoms with Gasteiger partial charge in [0.05, 0.1) is 24.8 Å². The monoisotopic (exact) mass is 492 g/mol. The molecular formula is C26H24N2O4S2. The molecule has 1 saturated heterocycles. The maximum absolute atomic E-state index is 13.2. The third-order valence-corrected chi connectivity index (χ3v) is 7.94. The topological polar surface area (TPSA) is 60.9 Å². The van der Waals surface area contributed by atoms with Crippen molar-refractivity contribution in [2.45, 2.75) is 26.0 Å². The number of thiophene rings is 1. The van der Waals surface area contributed by atoms with Crippen LogP contribution in [0.1, 0.15) is 27.5 Å². The first-order chi connectivity index (χ1) is 16.7. The summed E-state index contributed by atoms with van der Waals surface area (Å²) in [5.74, 6) is 1.37. The number of thiazole rings is 1. The molecule has 2 aromatic heterocycles. The number of aromatic nitrogens is 1. The van der Waals surface area contributed by atoms with Gasteiger partial charge >= 0.3 is 0 Å². The van der Waals surface area contributed by atoms with Gasteiger partial charge in [-0.25, -0.2) is 4.98 Å². The van der Waals surface area contributed by atoms with Gasteiger partial charge in [-0.1, -0.05) is 18.2 Å². The minimum Gasteiger partial charge on any atom is -0.487 e. The molecule has 6 nitrogen and oxygen atoms in total. The average molecular weight is 493 g/mol. The van der Waals surface area contributed by atoms with E-state index in [1.165, 1.54) is 21.4 Å². The Morgan fingerprint density at radius 3 is 2.91 bits per heavy atom. The second-order valence-electron chi connectivity index (χ2n) is 8.54. The van der Waals surface area contributed by atoms with Crippen LogP contribution in [0.5, 0.6) is 11.5 Å². The van der Waals surface area contributed by atoms with Gasteiger partial charge in [0, 0.05) is 39.6 Å². The van der Waals surface area contributed by atoms with Crippen molar-refractivity contribution in [2.75, 3.05) is 26.4 Å². The molecule has 1 amide bonds. The van der Waals surface area contributed by atoms with Gasteiger partial charge in [-0.05, 0) is 36.1 Å². The standard InChI is InChI=1S/C26H24N2O4S2/c1-16-27-22(15-33-16)26(29)28-7-9-31-25-18(12-28)10-17(11-23(25)32-19-6-8-30-13-19)21-14-34-24-5-3-2-4-20(21)24/h2-5,10-11,14-15,19H,6-9,12-13H2,1H3/t19-/m1/s1. The van der Waals surface area contributed by atoms with E-state index < -0.39 is 0 Å². The smallest absolute Gasteiger partial charge is 0.273 e. The van der Waals surface area contributed by atoms with Crippen LogP contribution < -0.4 is 9.47 Å². The lowest BCUT2D eigenvalue weighted by atomic mass is 10.0. The van der Waals surface area contributed by atoms with Gasteiger partial charge in [0.25, 0.3) is 5.91 Å². The van der Waals surface area contributed by atoms with Crippen LogP contribution in [-0.4, -0.2) is 48.3 Å². The number of amides is 1. The first-order valence-corrected chi connectivity index (χ1v) is 13.1. The van der Waals surface area contributed by atoms with E-state index in [1.807, 2.05) is 17.2 Å². The molecule has 4 aromatic rings. The van der Waals surface area contributed by atoms with E-state index in [0.29, 0.717) is 38.6 Å². The van der Waals surface area contributed by atoms with Crippen molar-refractivity contribution >= 4 is 38.7 Å². The van der Waals surface area contributed by atoms with Crippen molar-refractivity contribution in [3.8, 4) is 22.6 Å². The summed E-state index contributed by atoms with van der Waals surface area (Å²) in [5.41, 5.74) is 3.66. The summed E-state index contributed by atoms with van der Waals surface area (Å²) in [4.78, 5) is 19.4. The molecule has 6 rings (SSSR count). The normalized spacial score (nSPS) is 17.9. The third-order valence-electron chi connectivity index (χ3n) is 6.20. The summed E-state index contributed by atoms with van der Waals surface area (Å²) >= 11 is 3.22. The zero-order valence-electron chi connectivity index (χ0n) is 18.8. The van der Waals surface area contributed by atoms with E-state index in [1.54, 1.807) is 11.3 Å². The summed E-state index contributed by atoms with van der Waals surface area (Å²) in [6.07, 6.45) is 0.856. The molecule has 0 saturated carbocycles. The molecule has 1 atom stereocenters. The van der Waals surface area contributed by atoms with Crippen LogP contribution in [0.2, 0.25) is 0 Å². The SMILES string of the molecule is Cc1nc(C(=O)N2CCOc3c(cc(-c4csc5ccccc45)cc3O[C@@H]3CCOC3)C2)cs1. The van der Waals surface area contributed by atoms with E-state index in [4.69, 9.17) is 14.2 Å². The van der Waals surface area contributed by atoms with Crippen LogP contribution >= 0.6 is 22.7 Å². The number of ether oxygens (including phenoxy) is 3. The number of benzene rings is 2. The second kappa shape index (κ2) is 9.02. The highest BCUT2D eigenvalue weighted by Crippen LogP contribution is 2.42. The highest BCUT2D eigenvalue weighted by Gasteiger charge is 2.27. The van der Waals surface area contributed by atoms with E-state index >= 15 is 0 Å². The van der Waals surface area contributed by atoms with Crippen LogP contribution in [0.15, 0.2) is 47.2 Å². The second-order valence-corrected chi connectivity index (χ2v) is 10.5. The summed E-state index contributed by atoms with van der Waals surface area (Å²) in [5, 5.41) is 6.11. The largest absolute Gasteiger partial charge is 0.487 e. The van der Waals surface area contributed by atoms with Crippen molar-refractivity contribution in [1.82, 2.24) is 9.88 Å². The molecule has 0 spiro atoms. The zero-order valence-corrected chi connectivity index (χ0v) is 20.4. The number of fused-ring (bicyclic) bond motifs is 2. The molecule has 4 heterocycles. The molecule has 2 aromatic carbocycles. The van der Waals surface area contributed by atoms with Gasteiger partial charge < -0.3 is 19.1 Å². The molecule has 0 radical (unpaired) electrons. The molecule has 34 heavy (non-hydrogen) atoms. The maximum Gasteiger partial charge on any atom is 0.273 e. The van der Waals surface area contributed by atoms with Crippen LogP contribution in [0.4, 0.5) is 0 Å². The Morgan fingerprint density at radius 2 is 2.09 bits per heavy atom. The Kier molecular flexibility index (Phi) is 5.72. The lowest BCUT2D eigenvalue weighted by Gasteiger charge is -2.20. The van der Waals surface area contributed by atoms with Crippen LogP contribution in [-0.2, 0) is 11.3 Å². The fraction of sp³-hybridized carbons (Fsp3) is 0.308. The Hall–Kier alpha value is -2.94. The number of nitrogens with zero attached hydrogens (tertiary/aromatic N) is 2. The fourth-order valence-electron chi connectivity index (χ4n) is 4.51. The average Bonchev–Trinajstić information content (AvgIpc) is 3.57. The van der Waals surface area contributed by atoms with Gasteiger partial charge in [0.2, 0.25) is 0 Å². The molecule has 174 valence electrons. The highest BCUT2D eigenvalue weighted by molar-refractivity contribution is 7.17. The van der Waals surface area contributed by atoms with Crippen molar-refractivity contribution in [3.63, 3.8) is 0 Å². The van der Waals surface area contributed by atoms with Crippen LogP contribution in [0.25, 0.3) is 21.2 Å². The summed E-state index contributed by atoms with van der Waals surface area (Å²) in [7, 11) is 0. The van der Waals surface area contributed by atoms with Gasteiger partial charge in [0.1, 0.15) is 18.4 Å². The predicted octanol–water partition coefficient (Wildman–Crippen LogP) is 5.54. The number of hydrogen-bond acceptors (Lipinski definition) is 7. The Labute approximate surface area is 205 Å². The molecule has 0 unspecified atom stereocenters. The predicted molar refractivity (Wildman–Crippen MR) is 134 cm³/mol. The minimum absolute atomic E-state index is 0.00105. The Bertz CT molecular complexity index is 1360. The fourth-order valence-corrected chi connectivity index (χ4v) is 6.07. The first kappa shape index (κ1) is 21.6. The van der Waals surface area contributed by atoms with E-state index in [0.717, 1.165) is 39.6 Å².